The fraction of sp³-hybridized carbons (Fsp3) is 0.300. The fourth-order valence-electron chi connectivity index (χ4n) is 3.86. The molecule has 2 amide bonds. The van der Waals surface area contributed by atoms with Gasteiger partial charge in [0.2, 0.25) is 5.91 Å². The molecule has 2 aliphatic heterocycles. The van der Waals surface area contributed by atoms with Gasteiger partial charge < -0.3 is 4.90 Å². The molecule has 150 valence electrons. The minimum absolute atomic E-state index is 0.0588. The minimum atomic E-state index is -0.472. The number of imide groups is 1. The maximum atomic E-state index is 12.9. The van der Waals surface area contributed by atoms with Gasteiger partial charge in [-0.3, -0.25) is 24.6 Å². The fourth-order valence-corrected chi connectivity index (χ4v) is 4.05. The molecule has 0 aromatic heterocycles. The van der Waals surface area contributed by atoms with Crippen LogP contribution in [0.1, 0.15) is 6.42 Å². The number of nitrogens with zero attached hydrogens (tertiary/aromatic N) is 4. The molecule has 29 heavy (non-hydrogen) atoms. The van der Waals surface area contributed by atoms with E-state index in [1.165, 1.54) is 17.0 Å². The van der Waals surface area contributed by atoms with E-state index in [0.717, 1.165) is 5.69 Å². The molecule has 2 aliphatic rings. The highest BCUT2D eigenvalue weighted by Crippen LogP contribution is 2.29. The minimum Gasteiger partial charge on any atom is -0.369 e. The van der Waals surface area contributed by atoms with Crippen LogP contribution in [0.25, 0.3) is 0 Å². The van der Waals surface area contributed by atoms with Gasteiger partial charge in [0.25, 0.3) is 11.6 Å². The lowest BCUT2D eigenvalue weighted by Gasteiger charge is -2.38. The first-order valence-corrected chi connectivity index (χ1v) is 9.67. The van der Waals surface area contributed by atoms with E-state index in [-0.39, 0.29) is 23.9 Å². The zero-order valence-corrected chi connectivity index (χ0v) is 16.3. The van der Waals surface area contributed by atoms with E-state index in [9.17, 15) is 19.7 Å². The molecule has 2 saturated heterocycles. The van der Waals surface area contributed by atoms with Gasteiger partial charge in [-0.1, -0.05) is 17.7 Å². The van der Waals surface area contributed by atoms with E-state index < -0.39 is 11.0 Å². The Morgan fingerprint density at radius 1 is 0.966 bits per heavy atom. The van der Waals surface area contributed by atoms with Crippen LogP contribution in [0.5, 0.6) is 0 Å². The lowest BCUT2D eigenvalue weighted by molar-refractivity contribution is -0.384. The quantitative estimate of drug-likeness (QED) is 0.434. The number of amides is 2. The van der Waals surface area contributed by atoms with E-state index in [1.807, 2.05) is 4.90 Å². The normalized spacial score (nSPS) is 20.4. The number of hydrogen-bond acceptors (Lipinski definition) is 6. The van der Waals surface area contributed by atoms with Crippen molar-refractivity contribution in [1.82, 2.24) is 4.90 Å². The largest absolute Gasteiger partial charge is 0.369 e. The van der Waals surface area contributed by atoms with Crippen molar-refractivity contribution in [1.29, 1.82) is 0 Å². The van der Waals surface area contributed by atoms with Crippen LogP contribution >= 0.6 is 11.6 Å². The molecule has 0 N–H and O–H groups in total. The summed E-state index contributed by atoms with van der Waals surface area (Å²) >= 11 is 6.00. The van der Waals surface area contributed by atoms with Crippen LogP contribution in [0, 0.1) is 10.1 Å². The zero-order chi connectivity index (χ0) is 20.5. The van der Waals surface area contributed by atoms with Crippen LogP contribution in [-0.2, 0) is 9.59 Å². The van der Waals surface area contributed by atoms with Crippen molar-refractivity contribution in [2.45, 2.75) is 12.5 Å². The highest BCUT2D eigenvalue weighted by atomic mass is 35.5. The molecule has 0 unspecified atom stereocenters. The van der Waals surface area contributed by atoms with Gasteiger partial charge >= 0.3 is 0 Å². The SMILES string of the molecule is O=C1C[C@@H](N2CCN(c3ccc([N+](=O)[O-])cc3)CC2)C(=O)N1c1cccc(Cl)c1. The Bertz CT molecular complexity index is 957. The molecule has 1 atom stereocenters. The maximum absolute atomic E-state index is 12.9. The summed E-state index contributed by atoms with van der Waals surface area (Å²) in [6, 6.07) is 12.7. The number of rotatable bonds is 4. The summed E-state index contributed by atoms with van der Waals surface area (Å²) in [7, 11) is 0. The number of carbonyl (C=O) groups is 2. The summed E-state index contributed by atoms with van der Waals surface area (Å²) in [5.74, 6) is -0.443. The van der Waals surface area contributed by atoms with Gasteiger partial charge in [0.1, 0.15) is 0 Å². The third-order valence-corrected chi connectivity index (χ3v) is 5.61. The van der Waals surface area contributed by atoms with E-state index in [0.29, 0.717) is 36.9 Å². The second kappa shape index (κ2) is 7.81. The Morgan fingerprint density at radius 3 is 2.28 bits per heavy atom. The summed E-state index contributed by atoms with van der Waals surface area (Å²) in [6.45, 7) is 2.61. The summed E-state index contributed by atoms with van der Waals surface area (Å²) in [4.78, 5) is 41.2. The number of piperazine rings is 1. The third-order valence-electron chi connectivity index (χ3n) is 5.37. The molecule has 2 aromatic rings. The molecule has 9 heteroatoms. The van der Waals surface area contributed by atoms with Crippen LogP contribution in [0.2, 0.25) is 5.02 Å². The van der Waals surface area contributed by atoms with Crippen molar-refractivity contribution in [3.63, 3.8) is 0 Å². The second-order valence-electron chi connectivity index (χ2n) is 7.06. The Kier molecular flexibility index (Phi) is 5.21. The monoisotopic (exact) mass is 414 g/mol. The molecular weight excluding hydrogens is 396 g/mol. The number of anilines is 2. The van der Waals surface area contributed by atoms with Crippen LogP contribution in [0.4, 0.5) is 17.1 Å². The number of hydrogen-bond donors (Lipinski definition) is 0. The van der Waals surface area contributed by atoms with E-state index >= 15 is 0 Å². The lowest BCUT2D eigenvalue weighted by atomic mass is 10.1. The van der Waals surface area contributed by atoms with E-state index in [4.69, 9.17) is 11.6 Å². The van der Waals surface area contributed by atoms with Gasteiger partial charge in [-0.15, -0.1) is 0 Å². The van der Waals surface area contributed by atoms with Crippen molar-refractivity contribution in [3.05, 3.63) is 63.7 Å². The zero-order valence-electron chi connectivity index (χ0n) is 15.5. The molecular formula is C20H19ClN4O4. The van der Waals surface area contributed by atoms with Crippen molar-refractivity contribution >= 4 is 40.5 Å². The molecule has 0 aliphatic carbocycles. The van der Waals surface area contributed by atoms with Crippen LogP contribution in [0.15, 0.2) is 48.5 Å². The molecule has 0 radical (unpaired) electrons. The standard InChI is InChI=1S/C20H19ClN4O4/c21-14-2-1-3-17(12-14)24-19(26)13-18(20(24)27)23-10-8-22(9-11-23)15-4-6-16(7-5-15)25(28)29/h1-7,12,18H,8-11,13H2/t18-/m1/s1. The molecule has 0 bridgehead atoms. The predicted molar refractivity (Wildman–Crippen MR) is 109 cm³/mol. The average Bonchev–Trinajstić information content (AvgIpc) is 3.02. The first-order valence-electron chi connectivity index (χ1n) is 9.30. The molecule has 4 rings (SSSR count). The second-order valence-corrected chi connectivity index (χ2v) is 7.50. The molecule has 0 spiro atoms. The van der Waals surface area contributed by atoms with Gasteiger partial charge in [-0.05, 0) is 30.3 Å². The van der Waals surface area contributed by atoms with Gasteiger partial charge in [-0.2, -0.15) is 0 Å². The molecule has 0 saturated carbocycles. The van der Waals surface area contributed by atoms with E-state index in [2.05, 4.69) is 4.90 Å². The molecule has 8 nitrogen and oxygen atoms in total. The van der Waals surface area contributed by atoms with Crippen LogP contribution < -0.4 is 9.80 Å². The van der Waals surface area contributed by atoms with Crippen molar-refractivity contribution < 1.29 is 14.5 Å². The van der Waals surface area contributed by atoms with Crippen LogP contribution in [0.3, 0.4) is 0 Å². The Morgan fingerprint density at radius 2 is 1.66 bits per heavy atom. The van der Waals surface area contributed by atoms with Crippen molar-refractivity contribution in [3.8, 4) is 0 Å². The average molecular weight is 415 g/mol. The smallest absolute Gasteiger partial charge is 0.269 e. The van der Waals surface area contributed by atoms with E-state index in [1.54, 1.807) is 36.4 Å². The Hall–Kier alpha value is -2.97. The van der Waals surface area contributed by atoms with Crippen molar-refractivity contribution in [2.75, 3.05) is 36.0 Å². The van der Waals surface area contributed by atoms with Gasteiger partial charge in [-0.25, -0.2) is 4.90 Å². The highest BCUT2D eigenvalue weighted by molar-refractivity contribution is 6.31. The summed E-state index contributed by atoms with van der Waals surface area (Å²) in [5, 5.41) is 11.3. The van der Waals surface area contributed by atoms with Gasteiger partial charge in [0.05, 0.1) is 23.1 Å². The Labute approximate surface area is 172 Å². The first-order chi connectivity index (χ1) is 13.9. The third kappa shape index (κ3) is 3.81. The number of non-ortho nitro benzene ring substituents is 1. The molecule has 2 aromatic carbocycles. The van der Waals surface area contributed by atoms with Crippen molar-refractivity contribution in [2.24, 2.45) is 0 Å². The summed E-state index contributed by atoms with van der Waals surface area (Å²) in [6.07, 6.45) is 0.156. The maximum Gasteiger partial charge on any atom is 0.269 e. The predicted octanol–water partition coefficient (Wildman–Crippen LogP) is 2.70. The number of halogens is 1. The first kappa shape index (κ1) is 19.4. The topological polar surface area (TPSA) is 87.0 Å². The highest BCUT2D eigenvalue weighted by Gasteiger charge is 2.43. The summed E-state index contributed by atoms with van der Waals surface area (Å²) in [5.41, 5.74) is 1.47. The van der Waals surface area contributed by atoms with Crippen LogP contribution in [-0.4, -0.2) is 53.9 Å². The number of nitro groups is 1. The lowest BCUT2D eigenvalue weighted by Crippen LogP contribution is -2.52. The summed E-state index contributed by atoms with van der Waals surface area (Å²) < 4.78 is 0. The molecule has 2 heterocycles. The molecule has 2 fully saturated rings. The number of carbonyl (C=O) groups excluding carboxylic acids is 2. The Balaban J connectivity index is 1.41. The van der Waals surface area contributed by atoms with Gasteiger partial charge in [0.15, 0.2) is 0 Å². The van der Waals surface area contributed by atoms with Gasteiger partial charge in [0, 0.05) is 49.0 Å². The number of nitro benzene ring substituents is 1. The number of benzene rings is 2.